The number of rotatable bonds is 5. The van der Waals surface area contributed by atoms with Gasteiger partial charge in [0, 0.05) is 6.54 Å². The molecule has 1 aliphatic carbocycles. The maximum Gasteiger partial charge on any atom is 0.410 e. The van der Waals surface area contributed by atoms with Crippen molar-refractivity contribution in [1.82, 2.24) is 29.4 Å². The fourth-order valence-corrected chi connectivity index (χ4v) is 5.90. The largest absolute Gasteiger partial charge is 0.441 e. The summed E-state index contributed by atoms with van der Waals surface area (Å²) >= 11 is 0. The second-order valence-electron chi connectivity index (χ2n) is 10.4. The van der Waals surface area contributed by atoms with Crippen molar-refractivity contribution >= 4 is 17.1 Å². The molecule has 1 aliphatic heterocycles. The van der Waals surface area contributed by atoms with Crippen molar-refractivity contribution < 1.29 is 9.53 Å². The third-order valence-corrected chi connectivity index (χ3v) is 7.42. The number of benzene rings is 2. The minimum Gasteiger partial charge on any atom is -0.441 e. The van der Waals surface area contributed by atoms with Crippen LogP contribution in [0, 0.1) is 16.7 Å². The highest BCUT2D eigenvalue weighted by Crippen LogP contribution is 2.47. The summed E-state index contributed by atoms with van der Waals surface area (Å²) in [7, 11) is 0. The van der Waals surface area contributed by atoms with Crippen LogP contribution in [0.3, 0.4) is 0 Å². The van der Waals surface area contributed by atoms with Gasteiger partial charge in [-0.05, 0) is 61.4 Å². The number of aromatic nitrogens is 5. The molecule has 2 fully saturated rings. The maximum atomic E-state index is 12.9. The van der Waals surface area contributed by atoms with Crippen LogP contribution in [0.4, 0.5) is 4.79 Å². The zero-order chi connectivity index (χ0) is 24.8. The number of hydrogen-bond acceptors (Lipinski definition) is 6. The number of fused-ring (bicyclic) bond motifs is 1. The van der Waals surface area contributed by atoms with Crippen LogP contribution in [0.5, 0.6) is 0 Å². The van der Waals surface area contributed by atoms with Gasteiger partial charge < -0.3 is 9.30 Å². The van der Waals surface area contributed by atoms with Crippen LogP contribution in [-0.2, 0) is 17.8 Å². The van der Waals surface area contributed by atoms with E-state index < -0.39 is 5.60 Å². The van der Waals surface area contributed by atoms with Crippen LogP contribution in [0.2, 0.25) is 0 Å². The Hall–Kier alpha value is -4.19. The summed E-state index contributed by atoms with van der Waals surface area (Å²) in [5.41, 5.74) is 3.54. The number of imidazole rings is 1. The van der Waals surface area contributed by atoms with Gasteiger partial charge >= 0.3 is 6.09 Å². The summed E-state index contributed by atoms with van der Waals surface area (Å²) < 4.78 is 9.92. The number of nitriles is 1. The molecule has 4 aromatic rings. The van der Waals surface area contributed by atoms with Gasteiger partial charge in [-0.25, -0.2) is 14.5 Å². The summed E-state index contributed by atoms with van der Waals surface area (Å²) in [6, 6.07) is 17.6. The van der Waals surface area contributed by atoms with E-state index in [1.54, 1.807) is 15.6 Å². The molecule has 0 unspecified atom stereocenters. The fourth-order valence-electron chi connectivity index (χ4n) is 5.90. The van der Waals surface area contributed by atoms with Crippen molar-refractivity contribution in [1.29, 1.82) is 5.26 Å². The van der Waals surface area contributed by atoms with Gasteiger partial charge in [0.25, 0.3) is 0 Å². The number of ether oxygens (including phenoxy) is 1. The summed E-state index contributed by atoms with van der Waals surface area (Å²) in [6.07, 6.45) is 7.06. The molecule has 2 aromatic heterocycles. The van der Waals surface area contributed by atoms with E-state index in [2.05, 4.69) is 32.9 Å². The standard InChI is InChI=1S/C27H27N7O2/c1-26(17-33-19-29-23-9-8-20(13-28)12-24(23)33)10-5-11-27(16-26)18-32(25(35)36-27)14-21-15-34(31-30-21)22-6-3-2-4-7-22/h2-4,6-9,12,15,19H,5,10-11,14,16-18H2,1H3/t26-,27-/m0/s1. The molecule has 0 N–H and O–H groups in total. The van der Waals surface area contributed by atoms with Gasteiger partial charge in [0.15, 0.2) is 0 Å². The van der Waals surface area contributed by atoms with Gasteiger partial charge in [-0.3, -0.25) is 4.90 Å². The molecule has 6 rings (SSSR count). The minimum atomic E-state index is -0.506. The van der Waals surface area contributed by atoms with E-state index in [-0.39, 0.29) is 11.5 Å². The number of nitrogens with zero attached hydrogens (tertiary/aromatic N) is 7. The molecular weight excluding hydrogens is 454 g/mol. The first-order valence-electron chi connectivity index (χ1n) is 12.2. The molecule has 1 spiro atoms. The highest BCUT2D eigenvalue weighted by atomic mass is 16.6. The Bertz CT molecular complexity index is 1470. The number of para-hydroxylation sites is 1. The fraction of sp³-hybridized carbons (Fsp3) is 0.370. The molecular formula is C27H27N7O2. The highest BCUT2D eigenvalue weighted by Gasteiger charge is 2.51. The molecule has 3 heterocycles. The van der Waals surface area contributed by atoms with Gasteiger partial charge in [-0.1, -0.05) is 30.3 Å². The second-order valence-corrected chi connectivity index (χ2v) is 10.4. The molecule has 0 radical (unpaired) electrons. The zero-order valence-corrected chi connectivity index (χ0v) is 20.2. The van der Waals surface area contributed by atoms with Crippen molar-refractivity contribution in [3.8, 4) is 11.8 Å². The molecule has 2 aliphatic rings. The van der Waals surface area contributed by atoms with E-state index in [0.29, 0.717) is 18.7 Å². The van der Waals surface area contributed by atoms with Gasteiger partial charge in [0.1, 0.15) is 11.3 Å². The predicted octanol–water partition coefficient (Wildman–Crippen LogP) is 4.46. The van der Waals surface area contributed by atoms with Crippen LogP contribution in [-0.4, -0.2) is 47.7 Å². The molecule has 1 saturated carbocycles. The average Bonchev–Trinajstić information content (AvgIpc) is 3.57. The lowest BCUT2D eigenvalue weighted by molar-refractivity contribution is -0.0270. The lowest BCUT2D eigenvalue weighted by Gasteiger charge is -2.43. The summed E-state index contributed by atoms with van der Waals surface area (Å²) in [5.74, 6) is 0. The van der Waals surface area contributed by atoms with Crippen LogP contribution < -0.4 is 0 Å². The van der Waals surface area contributed by atoms with Crippen LogP contribution in [0.15, 0.2) is 61.1 Å². The lowest BCUT2D eigenvalue weighted by atomic mass is 9.68. The van der Waals surface area contributed by atoms with Crippen molar-refractivity contribution in [2.75, 3.05) is 6.54 Å². The summed E-state index contributed by atoms with van der Waals surface area (Å²) in [4.78, 5) is 19.2. The van der Waals surface area contributed by atoms with Gasteiger partial charge in [-0.2, -0.15) is 5.26 Å². The van der Waals surface area contributed by atoms with Gasteiger partial charge in [0.05, 0.1) is 54.0 Å². The third kappa shape index (κ3) is 4.09. The maximum absolute atomic E-state index is 12.9. The van der Waals surface area contributed by atoms with E-state index in [9.17, 15) is 10.1 Å². The average molecular weight is 482 g/mol. The Labute approximate surface area is 208 Å². The Morgan fingerprint density at radius 1 is 1.17 bits per heavy atom. The van der Waals surface area contributed by atoms with Crippen LogP contribution in [0.25, 0.3) is 16.7 Å². The monoisotopic (exact) mass is 481 g/mol. The van der Waals surface area contributed by atoms with E-state index >= 15 is 0 Å². The zero-order valence-electron chi connectivity index (χ0n) is 20.2. The Morgan fingerprint density at radius 2 is 2.03 bits per heavy atom. The molecule has 1 amide bonds. The molecule has 1 saturated heterocycles. The lowest BCUT2D eigenvalue weighted by Crippen LogP contribution is -2.44. The van der Waals surface area contributed by atoms with Gasteiger partial charge in [-0.15, -0.1) is 5.10 Å². The molecule has 182 valence electrons. The quantitative estimate of drug-likeness (QED) is 0.417. The smallest absolute Gasteiger partial charge is 0.410 e. The van der Waals surface area contributed by atoms with E-state index in [1.165, 1.54) is 0 Å². The first kappa shape index (κ1) is 22.3. The predicted molar refractivity (Wildman–Crippen MR) is 132 cm³/mol. The number of hydrogen-bond donors (Lipinski definition) is 0. The first-order chi connectivity index (χ1) is 17.4. The molecule has 0 bridgehead atoms. The topological polar surface area (TPSA) is 102 Å². The van der Waals surface area contributed by atoms with Crippen LogP contribution >= 0.6 is 0 Å². The first-order valence-corrected chi connectivity index (χ1v) is 12.2. The SMILES string of the molecule is C[C@]1(Cn2cnc3ccc(C#N)cc32)CCC[C@@]2(CN(Cc3cn(-c4ccccc4)nn3)C(=O)O2)C1. The van der Waals surface area contributed by atoms with Gasteiger partial charge in [0.2, 0.25) is 0 Å². The van der Waals surface area contributed by atoms with E-state index in [0.717, 1.165) is 54.6 Å². The molecule has 2 aromatic carbocycles. The van der Waals surface area contributed by atoms with E-state index in [1.807, 2.05) is 55.0 Å². The summed E-state index contributed by atoms with van der Waals surface area (Å²) in [6.45, 7) is 3.93. The minimum absolute atomic E-state index is 0.0682. The Balaban J connectivity index is 1.17. The van der Waals surface area contributed by atoms with Crippen molar-refractivity contribution in [3.05, 3.63) is 72.3 Å². The Morgan fingerprint density at radius 3 is 2.86 bits per heavy atom. The number of amides is 1. The number of carbonyl (C=O) groups excluding carboxylic acids is 1. The van der Waals surface area contributed by atoms with Crippen molar-refractivity contribution in [3.63, 3.8) is 0 Å². The Kier molecular flexibility index (Phi) is 5.25. The molecule has 2 atom stereocenters. The third-order valence-electron chi connectivity index (χ3n) is 7.42. The number of carbonyl (C=O) groups is 1. The normalized spacial score (nSPS) is 23.8. The van der Waals surface area contributed by atoms with Crippen molar-refractivity contribution in [2.45, 2.75) is 51.3 Å². The second kappa shape index (κ2) is 8.48. The molecule has 9 heteroatoms. The van der Waals surface area contributed by atoms with E-state index in [4.69, 9.17) is 4.74 Å². The molecule has 36 heavy (non-hydrogen) atoms. The molecule has 9 nitrogen and oxygen atoms in total. The van der Waals surface area contributed by atoms with Crippen molar-refractivity contribution in [2.24, 2.45) is 5.41 Å². The summed E-state index contributed by atoms with van der Waals surface area (Å²) in [5, 5.41) is 17.8. The van der Waals surface area contributed by atoms with Crippen LogP contribution in [0.1, 0.15) is 43.9 Å². The highest BCUT2D eigenvalue weighted by molar-refractivity contribution is 5.77.